The number of nitrogens with one attached hydrogen (secondary N) is 2. The van der Waals surface area contributed by atoms with Crippen LogP contribution in [-0.2, 0) is 16.1 Å². The second-order valence-electron chi connectivity index (χ2n) is 6.61. The van der Waals surface area contributed by atoms with Crippen molar-refractivity contribution in [2.24, 2.45) is 0 Å². The Hall–Kier alpha value is -3.10. The highest BCUT2D eigenvalue weighted by molar-refractivity contribution is 5.92. The Morgan fingerprint density at radius 2 is 2.03 bits per heavy atom. The van der Waals surface area contributed by atoms with Crippen LogP contribution in [0.2, 0.25) is 0 Å². The molecule has 0 fully saturated rings. The number of amides is 2. The van der Waals surface area contributed by atoms with E-state index in [-0.39, 0.29) is 42.9 Å². The minimum Gasteiger partial charge on any atom is -0.394 e. The number of nitrogens with zero attached hydrogens (tertiary/aromatic N) is 1. The Balaban J connectivity index is 1.52. The van der Waals surface area contributed by atoms with Crippen LogP contribution in [0, 0.1) is 5.82 Å². The first-order valence-electron chi connectivity index (χ1n) is 9.23. The first-order valence-corrected chi connectivity index (χ1v) is 9.23. The number of aromatic nitrogens is 1. The molecule has 1 aliphatic heterocycles. The van der Waals surface area contributed by atoms with E-state index in [4.69, 9.17) is 4.74 Å². The zero-order chi connectivity index (χ0) is 20.6. The number of carbonyl (C=O) groups excluding carboxylic acids is 2. The normalized spacial score (nSPS) is 20.8. The molecule has 2 aromatic rings. The van der Waals surface area contributed by atoms with Crippen molar-refractivity contribution in [3.05, 3.63) is 77.9 Å². The Labute approximate surface area is 167 Å². The quantitative estimate of drug-likeness (QED) is 0.610. The monoisotopic (exact) mass is 399 g/mol. The van der Waals surface area contributed by atoms with Crippen molar-refractivity contribution in [3.63, 3.8) is 0 Å². The number of aliphatic hydroxyl groups is 1. The molecular formula is C21H22FN3O4. The number of benzene rings is 1. The highest BCUT2D eigenvalue weighted by atomic mass is 19.1. The van der Waals surface area contributed by atoms with E-state index < -0.39 is 18.2 Å². The fourth-order valence-corrected chi connectivity index (χ4v) is 2.96. The van der Waals surface area contributed by atoms with Gasteiger partial charge in [0.05, 0.1) is 25.2 Å². The van der Waals surface area contributed by atoms with E-state index in [0.717, 1.165) is 0 Å². The first-order chi connectivity index (χ1) is 14.0. The maximum Gasteiger partial charge on any atom is 0.270 e. The van der Waals surface area contributed by atoms with Crippen LogP contribution in [0.1, 0.15) is 22.5 Å². The maximum atomic E-state index is 13.2. The van der Waals surface area contributed by atoms with Gasteiger partial charge in [-0.25, -0.2) is 4.39 Å². The molecule has 152 valence electrons. The minimum atomic E-state index is -0.686. The van der Waals surface area contributed by atoms with Gasteiger partial charge in [-0.05, 0) is 29.8 Å². The third kappa shape index (κ3) is 5.94. The zero-order valence-corrected chi connectivity index (χ0v) is 15.6. The highest BCUT2D eigenvalue weighted by Crippen LogP contribution is 2.16. The van der Waals surface area contributed by atoms with Gasteiger partial charge >= 0.3 is 0 Å². The molecule has 1 aromatic heterocycles. The molecule has 3 rings (SSSR count). The Morgan fingerprint density at radius 1 is 1.17 bits per heavy atom. The van der Waals surface area contributed by atoms with Gasteiger partial charge in [-0.3, -0.25) is 14.6 Å². The maximum absolute atomic E-state index is 13.2. The molecule has 2 amide bonds. The number of hydrogen-bond acceptors (Lipinski definition) is 5. The number of carbonyl (C=O) groups is 2. The summed E-state index contributed by atoms with van der Waals surface area (Å²) in [5, 5.41) is 15.1. The SMILES string of the molecule is O=C(C[C@@H]1C=C[C@H](NC(=O)c2ccccn2)[C@@H](CO)O1)NCc1cccc(F)c1. The van der Waals surface area contributed by atoms with Crippen molar-refractivity contribution in [2.75, 3.05) is 6.61 Å². The fourth-order valence-electron chi connectivity index (χ4n) is 2.96. The van der Waals surface area contributed by atoms with Crippen LogP contribution < -0.4 is 10.6 Å². The largest absolute Gasteiger partial charge is 0.394 e. The van der Waals surface area contributed by atoms with Gasteiger partial charge in [0.1, 0.15) is 17.6 Å². The molecule has 0 saturated carbocycles. The van der Waals surface area contributed by atoms with Crippen molar-refractivity contribution in [1.29, 1.82) is 0 Å². The summed E-state index contributed by atoms with van der Waals surface area (Å²) >= 11 is 0. The lowest BCUT2D eigenvalue weighted by Crippen LogP contribution is -2.49. The average Bonchev–Trinajstić information content (AvgIpc) is 2.74. The van der Waals surface area contributed by atoms with Gasteiger partial charge in [0.2, 0.25) is 5.91 Å². The molecule has 0 aliphatic carbocycles. The van der Waals surface area contributed by atoms with Gasteiger partial charge in [0.25, 0.3) is 5.91 Å². The summed E-state index contributed by atoms with van der Waals surface area (Å²) in [5.74, 6) is -1.01. The molecule has 0 unspecified atom stereocenters. The molecule has 0 spiro atoms. The van der Waals surface area contributed by atoms with Gasteiger partial charge in [0, 0.05) is 12.7 Å². The van der Waals surface area contributed by atoms with Crippen LogP contribution in [0.4, 0.5) is 4.39 Å². The predicted octanol–water partition coefficient (Wildman–Crippen LogP) is 1.34. The van der Waals surface area contributed by atoms with Gasteiger partial charge in [-0.15, -0.1) is 0 Å². The summed E-state index contributed by atoms with van der Waals surface area (Å²) in [5.41, 5.74) is 0.917. The lowest BCUT2D eigenvalue weighted by Gasteiger charge is -2.31. The highest BCUT2D eigenvalue weighted by Gasteiger charge is 2.29. The molecule has 0 radical (unpaired) electrons. The van der Waals surface area contributed by atoms with Crippen LogP contribution in [0.5, 0.6) is 0 Å². The summed E-state index contributed by atoms with van der Waals surface area (Å²) < 4.78 is 18.9. The molecule has 8 heteroatoms. The van der Waals surface area contributed by atoms with Gasteiger partial charge in [0.15, 0.2) is 0 Å². The first kappa shape index (κ1) is 20.6. The van der Waals surface area contributed by atoms with Crippen LogP contribution in [0.3, 0.4) is 0 Å². The van der Waals surface area contributed by atoms with E-state index >= 15 is 0 Å². The molecular weight excluding hydrogens is 377 g/mol. The van der Waals surface area contributed by atoms with E-state index in [9.17, 15) is 19.1 Å². The Bertz CT molecular complexity index is 875. The van der Waals surface area contributed by atoms with Crippen molar-refractivity contribution >= 4 is 11.8 Å². The van der Waals surface area contributed by atoms with Gasteiger partial charge in [-0.2, -0.15) is 0 Å². The van der Waals surface area contributed by atoms with Gasteiger partial charge in [-0.1, -0.05) is 30.4 Å². The molecule has 7 nitrogen and oxygen atoms in total. The standard InChI is InChI=1S/C21H22FN3O4/c22-15-5-3-4-14(10-15)12-24-20(27)11-16-7-8-17(19(13-26)29-16)25-21(28)18-6-1-2-9-23-18/h1-10,16-17,19,26H,11-13H2,(H,24,27)(H,25,28)/t16-,17-,19+/m0/s1. The van der Waals surface area contributed by atoms with E-state index in [2.05, 4.69) is 15.6 Å². The molecule has 1 aromatic carbocycles. The molecule has 3 N–H and O–H groups in total. The predicted molar refractivity (Wildman–Crippen MR) is 103 cm³/mol. The number of halogens is 1. The van der Waals surface area contributed by atoms with E-state index in [1.807, 2.05) is 0 Å². The summed E-state index contributed by atoms with van der Waals surface area (Å²) in [6.07, 6.45) is 3.72. The molecule has 2 heterocycles. The van der Waals surface area contributed by atoms with Crippen molar-refractivity contribution in [1.82, 2.24) is 15.6 Å². The Kier molecular flexibility index (Phi) is 7.04. The fraction of sp³-hybridized carbons (Fsp3) is 0.286. The lowest BCUT2D eigenvalue weighted by molar-refractivity contribution is -0.125. The zero-order valence-electron chi connectivity index (χ0n) is 15.6. The molecule has 3 atom stereocenters. The summed E-state index contributed by atoms with van der Waals surface area (Å²) in [7, 11) is 0. The second-order valence-corrected chi connectivity index (χ2v) is 6.61. The molecule has 29 heavy (non-hydrogen) atoms. The average molecular weight is 399 g/mol. The van der Waals surface area contributed by atoms with Crippen molar-refractivity contribution < 1.29 is 23.8 Å². The van der Waals surface area contributed by atoms with Crippen LogP contribution >= 0.6 is 0 Å². The number of aliphatic hydroxyl groups excluding tert-OH is 1. The third-order valence-corrected chi connectivity index (χ3v) is 4.42. The van der Waals surface area contributed by atoms with E-state index in [0.29, 0.717) is 5.56 Å². The van der Waals surface area contributed by atoms with E-state index in [1.54, 1.807) is 42.5 Å². The van der Waals surface area contributed by atoms with Crippen molar-refractivity contribution in [3.8, 4) is 0 Å². The van der Waals surface area contributed by atoms with Crippen LogP contribution in [-0.4, -0.2) is 46.8 Å². The summed E-state index contributed by atoms with van der Waals surface area (Å²) in [4.78, 5) is 28.4. The van der Waals surface area contributed by atoms with Crippen LogP contribution in [0.15, 0.2) is 60.8 Å². The topological polar surface area (TPSA) is 101 Å². The van der Waals surface area contributed by atoms with Gasteiger partial charge < -0.3 is 20.5 Å². The number of rotatable bonds is 7. The van der Waals surface area contributed by atoms with E-state index in [1.165, 1.54) is 18.3 Å². The molecule has 0 saturated heterocycles. The van der Waals surface area contributed by atoms with Crippen LogP contribution in [0.25, 0.3) is 0 Å². The number of hydrogen-bond donors (Lipinski definition) is 3. The molecule has 1 aliphatic rings. The number of pyridine rings is 1. The lowest BCUT2D eigenvalue weighted by atomic mass is 10.0. The number of ether oxygens (including phenoxy) is 1. The van der Waals surface area contributed by atoms with Crippen molar-refractivity contribution in [2.45, 2.75) is 31.2 Å². The summed E-state index contributed by atoms with van der Waals surface area (Å²) in [6, 6.07) is 10.4. The Morgan fingerprint density at radius 3 is 2.76 bits per heavy atom. The smallest absolute Gasteiger partial charge is 0.270 e. The second kappa shape index (κ2) is 9.90. The third-order valence-electron chi connectivity index (χ3n) is 4.42. The molecule has 0 bridgehead atoms. The minimum absolute atomic E-state index is 0.0449. The summed E-state index contributed by atoms with van der Waals surface area (Å²) in [6.45, 7) is -0.113.